The zero-order chi connectivity index (χ0) is 10.8. The molecular formula is C12H13ClO2. The van der Waals surface area contributed by atoms with Gasteiger partial charge in [-0.25, -0.2) is 0 Å². The summed E-state index contributed by atoms with van der Waals surface area (Å²) in [4.78, 5) is 11.8. The Morgan fingerprint density at radius 1 is 1.40 bits per heavy atom. The second kappa shape index (κ2) is 4.23. The van der Waals surface area contributed by atoms with Gasteiger partial charge < -0.3 is 4.74 Å². The molecule has 2 nitrogen and oxygen atoms in total. The van der Waals surface area contributed by atoms with Crippen LogP contribution in [-0.4, -0.2) is 12.4 Å². The molecule has 0 heterocycles. The van der Waals surface area contributed by atoms with Crippen LogP contribution in [0.15, 0.2) is 12.1 Å². The van der Waals surface area contributed by atoms with Gasteiger partial charge in [-0.05, 0) is 37.5 Å². The molecule has 0 aliphatic heterocycles. The summed E-state index contributed by atoms with van der Waals surface area (Å²) in [5, 5.41) is 0.645. The number of benzene rings is 1. The number of fused-ring (bicyclic) bond motifs is 1. The topological polar surface area (TPSA) is 26.3 Å². The number of hydrogen-bond acceptors (Lipinski definition) is 2. The van der Waals surface area contributed by atoms with Crippen LogP contribution in [0.2, 0.25) is 5.02 Å². The third kappa shape index (κ3) is 2.00. The minimum Gasteiger partial charge on any atom is -0.493 e. The highest BCUT2D eigenvalue weighted by molar-refractivity contribution is 6.31. The van der Waals surface area contributed by atoms with E-state index in [1.807, 2.05) is 13.0 Å². The predicted molar refractivity (Wildman–Crippen MR) is 59.9 cm³/mol. The van der Waals surface area contributed by atoms with Gasteiger partial charge in [-0.3, -0.25) is 4.79 Å². The van der Waals surface area contributed by atoms with E-state index in [1.165, 1.54) is 0 Å². The number of carbonyl (C=O) groups is 1. The number of ketones is 1. The SMILES string of the molecule is CCOc1cc(Cl)cc2c1C(=O)CCC2. The molecule has 0 radical (unpaired) electrons. The van der Waals surface area contributed by atoms with Crippen LogP contribution >= 0.6 is 11.6 Å². The minimum atomic E-state index is 0.177. The van der Waals surface area contributed by atoms with Gasteiger partial charge in [0.15, 0.2) is 5.78 Å². The van der Waals surface area contributed by atoms with Crippen molar-refractivity contribution >= 4 is 17.4 Å². The highest BCUT2D eigenvalue weighted by Crippen LogP contribution is 2.32. The normalized spacial score (nSPS) is 14.9. The summed E-state index contributed by atoms with van der Waals surface area (Å²) in [6.07, 6.45) is 2.45. The molecule has 0 fully saturated rings. The van der Waals surface area contributed by atoms with Crippen molar-refractivity contribution in [1.29, 1.82) is 0 Å². The first-order valence-electron chi connectivity index (χ1n) is 5.20. The lowest BCUT2D eigenvalue weighted by Crippen LogP contribution is -2.13. The van der Waals surface area contributed by atoms with Crippen LogP contribution in [0.4, 0.5) is 0 Å². The molecule has 15 heavy (non-hydrogen) atoms. The van der Waals surface area contributed by atoms with E-state index in [0.717, 1.165) is 24.0 Å². The fraction of sp³-hybridized carbons (Fsp3) is 0.417. The molecule has 0 saturated carbocycles. The molecular weight excluding hydrogens is 212 g/mol. The Kier molecular flexibility index (Phi) is 2.96. The Morgan fingerprint density at radius 2 is 2.20 bits per heavy atom. The number of hydrogen-bond donors (Lipinski definition) is 0. The first-order chi connectivity index (χ1) is 7.22. The van der Waals surface area contributed by atoms with E-state index < -0.39 is 0 Å². The van der Waals surface area contributed by atoms with E-state index in [2.05, 4.69) is 0 Å². The Morgan fingerprint density at radius 3 is 2.93 bits per heavy atom. The number of rotatable bonds is 2. The predicted octanol–water partition coefficient (Wildman–Crippen LogP) is 3.26. The maximum absolute atomic E-state index is 11.8. The summed E-state index contributed by atoms with van der Waals surface area (Å²) in [5.41, 5.74) is 1.77. The number of carbonyl (C=O) groups excluding carboxylic acids is 1. The van der Waals surface area contributed by atoms with Crippen molar-refractivity contribution in [2.45, 2.75) is 26.2 Å². The highest BCUT2D eigenvalue weighted by Gasteiger charge is 2.22. The third-order valence-corrected chi connectivity index (χ3v) is 2.80. The molecule has 0 saturated heterocycles. The van der Waals surface area contributed by atoms with E-state index >= 15 is 0 Å². The fourth-order valence-corrected chi connectivity index (χ4v) is 2.21. The molecule has 1 aliphatic carbocycles. The monoisotopic (exact) mass is 224 g/mol. The fourth-order valence-electron chi connectivity index (χ4n) is 1.98. The highest BCUT2D eigenvalue weighted by atomic mass is 35.5. The summed E-state index contributed by atoms with van der Waals surface area (Å²) in [7, 11) is 0. The van der Waals surface area contributed by atoms with Crippen LogP contribution in [0.1, 0.15) is 35.7 Å². The molecule has 0 spiro atoms. The quantitative estimate of drug-likeness (QED) is 0.771. The van der Waals surface area contributed by atoms with Gasteiger partial charge in [-0.1, -0.05) is 11.6 Å². The van der Waals surface area contributed by atoms with Crippen LogP contribution < -0.4 is 4.74 Å². The van der Waals surface area contributed by atoms with Crippen LogP contribution in [-0.2, 0) is 6.42 Å². The first kappa shape index (κ1) is 10.5. The standard InChI is InChI=1S/C12H13ClO2/c1-2-15-11-7-9(13)6-8-4-3-5-10(14)12(8)11/h6-7H,2-5H2,1H3. The molecule has 0 unspecified atom stereocenters. The number of aryl methyl sites for hydroxylation is 1. The van der Waals surface area contributed by atoms with E-state index in [9.17, 15) is 4.79 Å². The maximum Gasteiger partial charge on any atom is 0.166 e. The van der Waals surface area contributed by atoms with Gasteiger partial charge in [-0.15, -0.1) is 0 Å². The summed E-state index contributed by atoms with van der Waals surface area (Å²) in [6.45, 7) is 2.46. The summed E-state index contributed by atoms with van der Waals surface area (Å²) >= 11 is 5.97. The van der Waals surface area contributed by atoms with Gasteiger partial charge >= 0.3 is 0 Å². The average molecular weight is 225 g/mol. The van der Waals surface area contributed by atoms with E-state index in [-0.39, 0.29) is 5.78 Å². The molecule has 2 rings (SSSR count). The van der Waals surface area contributed by atoms with Crippen molar-refractivity contribution in [2.75, 3.05) is 6.61 Å². The minimum absolute atomic E-state index is 0.177. The average Bonchev–Trinajstić information content (AvgIpc) is 2.17. The molecule has 80 valence electrons. The molecule has 1 aromatic rings. The molecule has 1 aliphatic rings. The molecule has 0 bridgehead atoms. The third-order valence-electron chi connectivity index (χ3n) is 2.58. The van der Waals surface area contributed by atoms with Gasteiger partial charge in [-0.2, -0.15) is 0 Å². The van der Waals surface area contributed by atoms with Gasteiger partial charge in [0.25, 0.3) is 0 Å². The maximum atomic E-state index is 11.8. The van der Waals surface area contributed by atoms with E-state index in [4.69, 9.17) is 16.3 Å². The van der Waals surface area contributed by atoms with Crippen LogP contribution in [0.5, 0.6) is 5.75 Å². The molecule has 0 atom stereocenters. The Balaban J connectivity index is 2.53. The van der Waals surface area contributed by atoms with Gasteiger partial charge in [0.2, 0.25) is 0 Å². The lowest BCUT2D eigenvalue weighted by atomic mass is 9.90. The molecule has 0 amide bonds. The Hall–Kier alpha value is -1.02. The van der Waals surface area contributed by atoms with Crippen molar-refractivity contribution < 1.29 is 9.53 Å². The van der Waals surface area contributed by atoms with Crippen LogP contribution in [0.25, 0.3) is 0 Å². The van der Waals surface area contributed by atoms with Crippen LogP contribution in [0.3, 0.4) is 0 Å². The van der Waals surface area contributed by atoms with Crippen molar-refractivity contribution in [2.24, 2.45) is 0 Å². The number of ether oxygens (including phenoxy) is 1. The summed E-state index contributed by atoms with van der Waals surface area (Å²) in [6, 6.07) is 3.60. The lowest BCUT2D eigenvalue weighted by Gasteiger charge is -2.18. The van der Waals surface area contributed by atoms with Crippen molar-refractivity contribution in [1.82, 2.24) is 0 Å². The van der Waals surface area contributed by atoms with Crippen molar-refractivity contribution in [3.8, 4) is 5.75 Å². The number of Topliss-reactive ketones (excluding diaryl/α,β-unsaturated/α-hetero) is 1. The second-order valence-corrected chi connectivity index (χ2v) is 4.08. The molecule has 1 aromatic carbocycles. The van der Waals surface area contributed by atoms with E-state index in [1.54, 1.807) is 6.07 Å². The Labute approximate surface area is 94.2 Å². The van der Waals surface area contributed by atoms with Crippen LogP contribution in [0, 0.1) is 0 Å². The number of halogens is 1. The van der Waals surface area contributed by atoms with Crippen molar-refractivity contribution in [3.63, 3.8) is 0 Å². The first-order valence-corrected chi connectivity index (χ1v) is 5.58. The Bertz CT molecular complexity index is 399. The smallest absolute Gasteiger partial charge is 0.166 e. The van der Waals surface area contributed by atoms with Gasteiger partial charge in [0.05, 0.1) is 12.2 Å². The molecule has 0 N–H and O–H groups in total. The summed E-state index contributed by atoms with van der Waals surface area (Å²) in [5.74, 6) is 0.820. The molecule has 3 heteroatoms. The molecule has 0 aromatic heterocycles. The lowest BCUT2D eigenvalue weighted by molar-refractivity contribution is 0.0968. The van der Waals surface area contributed by atoms with E-state index in [0.29, 0.717) is 23.8 Å². The summed E-state index contributed by atoms with van der Waals surface area (Å²) < 4.78 is 5.45. The van der Waals surface area contributed by atoms with Gasteiger partial charge in [0, 0.05) is 11.4 Å². The zero-order valence-electron chi connectivity index (χ0n) is 8.68. The van der Waals surface area contributed by atoms with Crippen molar-refractivity contribution in [3.05, 3.63) is 28.3 Å². The largest absolute Gasteiger partial charge is 0.493 e. The zero-order valence-corrected chi connectivity index (χ0v) is 9.43. The second-order valence-electron chi connectivity index (χ2n) is 3.65. The van der Waals surface area contributed by atoms with Gasteiger partial charge in [0.1, 0.15) is 5.75 Å².